The zero-order valence-electron chi connectivity index (χ0n) is 18.3. The van der Waals surface area contributed by atoms with Gasteiger partial charge in [0.05, 0.1) is 5.92 Å². The number of nitrogens with zero attached hydrogens (tertiary/aromatic N) is 3. The molecule has 2 unspecified atom stereocenters. The fraction of sp³-hybridized carbons (Fsp3) is 0.609. The van der Waals surface area contributed by atoms with E-state index in [0.717, 1.165) is 51.7 Å². The topological polar surface area (TPSA) is 71.3 Å². The monoisotopic (exact) mass is 416 g/mol. The molecule has 0 aliphatic carbocycles. The molecule has 0 radical (unpaired) electrons. The van der Waals surface area contributed by atoms with Gasteiger partial charge in [0.25, 0.3) is 0 Å². The third-order valence-electron chi connectivity index (χ3n) is 5.95. The summed E-state index contributed by atoms with van der Waals surface area (Å²) in [4.78, 5) is 19.2. The summed E-state index contributed by atoms with van der Waals surface area (Å²) in [5.74, 6) is 0.964. The molecule has 1 aliphatic heterocycles. The Kier molecular flexibility index (Phi) is 7.96. The first kappa shape index (κ1) is 22.4. The average molecular weight is 417 g/mol. The number of carbonyl (C=O) groups excluding carboxylic acids is 1. The highest BCUT2D eigenvalue weighted by Gasteiger charge is 2.29. The van der Waals surface area contributed by atoms with Gasteiger partial charge in [0.1, 0.15) is 5.82 Å². The lowest BCUT2D eigenvalue weighted by atomic mass is 9.92. The van der Waals surface area contributed by atoms with Crippen LogP contribution < -0.4 is 5.32 Å². The van der Waals surface area contributed by atoms with Gasteiger partial charge < -0.3 is 9.84 Å². The van der Waals surface area contributed by atoms with E-state index in [9.17, 15) is 9.18 Å². The van der Waals surface area contributed by atoms with Crippen LogP contribution in [0.2, 0.25) is 0 Å². The summed E-state index contributed by atoms with van der Waals surface area (Å²) >= 11 is 0. The van der Waals surface area contributed by atoms with Crippen LogP contribution in [0.25, 0.3) is 11.4 Å². The Hall–Kier alpha value is -2.28. The lowest BCUT2D eigenvalue weighted by Gasteiger charge is -2.37. The highest BCUT2D eigenvalue weighted by molar-refractivity contribution is 5.78. The van der Waals surface area contributed by atoms with Crippen molar-refractivity contribution in [2.24, 2.45) is 5.92 Å². The Morgan fingerprint density at radius 1 is 1.33 bits per heavy atom. The second-order valence-electron chi connectivity index (χ2n) is 8.34. The SMILES string of the molecule is CCCCNC(=O)C1CCC(C)N(CCCc2nc(-c3ccc(C)c(F)c3)no2)C1. The summed E-state index contributed by atoms with van der Waals surface area (Å²) in [6.45, 7) is 8.53. The molecule has 1 aromatic heterocycles. The molecule has 1 saturated heterocycles. The summed E-state index contributed by atoms with van der Waals surface area (Å²) in [7, 11) is 0. The summed E-state index contributed by atoms with van der Waals surface area (Å²) in [5, 5.41) is 7.06. The zero-order chi connectivity index (χ0) is 21.5. The lowest BCUT2D eigenvalue weighted by Crippen LogP contribution is -2.47. The van der Waals surface area contributed by atoms with Crippen LogP contribution >= 0.6 is 0 Å². The molecule has 0 saturated carbocycles. The Labute approximate surface area is 178 Å². The maximum Gasteiger partial charge on any atom is 0.227 e. The molecule has 1 amide bonds. The summed E-state index contributed by atoms with van der Waals surface area (Å²) in [6, 6.07) is 5.42. The van der Waals surface area contributed by atoms with Crippen LogP contribution in [0.15, 0.2) is 22.7 Å². The minimum Gasteiger partial charge on any atom is -0.356 e. The third kappa shape index (κ3) is 5.88. The van der Waals surface area contributed by atoms with Gasteiger partial charge in [-0.1, -0.05) is 30.6 Å². The first-order valence-electron chi connectivity index (χ1n) is 11.1. The van der Waals surface area contributed by atoms with Crippen LogP contribution in [0.3, 0.4) is 0 Å². The second-order valence-corrected chi connectivity index (χ2v) is 8.34. The molecule has 164 valence electrons. The smallest absolute Gasteiger partial charge is 0.227 e. The molecule has 1 fully saturated rings. The van der Waals surface area contributed by atoms with Crippen LogP contribution in [-0.2, 0) is 11.2 Å². The van der Waals surface area contributed by atoms with E-state index in [1.807, 2.05) is 0 Å². The minimum absolute atomic E-state index is 0.0736. The van der Waals surface area contributed by atoms with Crippen molar-refractivity contribution in [3.8, 4) is 11.4 Å². The predicted octanol–water partition coefficient (Wildman–Crippen LogP) is 4.13. The van der Waals surface area contributed by atoms with Gasteiger partial charge in [-0.15, -0.1) is 0 Å². The molecule has 2 heterocycles. The van der Waals surface area contributed by atoms with Crippen molar-refractivity contribution in [2.45, 2.75) is 65.3 Å². The summed E-state index contributed by atoms with van der Waals surface area (Å²) in [6.07, 6.45) is 5.64. The van der Waals surface area contributed by atoms with Crippen molar-refractivity contribution in [1.82, 2.24) is 20.4 Å². The van der Waals surface area contributed by atoms with Gasteiger partial charge in [0, 0.05) is 31.1 Å². The first-order valence-corrected chi connectivity index (χ1v) is 11.1. The largest absolute Gasteiger partial charge is 0.356 e. The van der Waals surface area contributed by atoms with Gasteiger partial charge in [0.15, 0.2) is 0 Å². The van der Waals surface area contributed by atoms with Gasteiger partial charge in [0.2, 0.25) is 17.6 Å². The van der Waals surface area contributed by atoms with Crippen molar-refractivity contribution in [3.63, 3.8) is 0 Å². The number of benzene rings is 1. The molecule has 0 bridgehead atoms. The fourth-order valence-electron chi connectivity index (χ4n) is 3.88. The maximum absolute atomic E-state index is 13.8. The van der Waals surface area contributed by atoms with Gasteiger partial charge in [-0.2, -0.15) is 4.98 Å². The molecular weight excluding hydrogens is 383 g/mol. The number of aromatic nitrogens is 2. The normalized spacial score (nSPS) is 19.7. The molecule has 2 atom stereocenters. The van der Waals surface area contributed by atoms with Crippen LogP contribution in [-0.4, -0.2) is 46.6 Å². The maximum atomic E-state index is 13.8. The Morgan fingerprint density at radius 3 is 2.93 bits per heavy atom. The number of hydrogen-bond acceptors (Lipinski definition) is 5. The van der Waals surface area contributed by atoms with Gasteiger partial charge in [-0.05, 0) is 57.7 Å². The van der Waals surface area contributed by atoms with Gasteiger partial charge in [-0.25, -0.2) is 4.39 Å². The molecule has 30 heavy (non-hydrogen) atoms. The lowest BCUT2D eigenvalue weighted by molar-refractivity contribution is -0.127. The van der Waals surface area contributed by atoms with E-state index in [1.165, 1.54) is 6.07 Å². The van der Waals surface area contributed by atoms with Crippen molar-refractivity contribution in [1.29, 1.82) is 0 Å². The third-order valence-corrected chi connectivity index (χ3v) is 5.95. The quantitative estimate of drug-likeness (QED) is 0.622. The van der Waals surface area contributed by atoms with Crippen molar-refractivity contribution in [3.05, 3.63) is 35.5 Å². The molecule has 6 nitrogen and oxygen atoms in total. The molecule has 3 rings (SSSR count). The van der Waals surface area contributed by atoms with E-state index in [1.54, 1.807) is 19.1 Å². The minimum atomic E-state index is -0.272. The fourth-order valence-corrected chi connectivity index (χ4v) is 3.88. The number of halogens is 1. The van der Waals surface area contributed by atoms with Crippen LogP contribution in [0.5, 0.6) is 0 Å². The number of rotatable bonds is 9. The van der Waals surface area contributed by atoms with E-state index in [0.29, 0.717) is 35.3 Å². The number of carbonyl (C=O) groups is 1. The Bertz CT molecular complexity index is 838. The zero-order valence-corrected chi connectivity index (χ0v) is 18.3. The number of piperidine rings is 1. The number of unbranched alkanes of at least 4 members (excludes halogenated alkanes) is 1. The van der Waals surface area contributed by atoms with Crippen LogP contribution in [0.4, 0.5) is 4.39 Å². The van der Waals surface area contributed by atoms with E-state index < -0.39 is 0 Å². The summed E-state index contributed by atoms with van der Waals surface area (Å²) < 4.78 is 19.1. The van der Waals surface area contributed by atoms with Crippen molar-refractivity contribution < 1.29 is 13.7 Å². The van der Waals surface area contributed by atoms with E-state index in [-0.39, 0.29) is 17.6 Å². The Balaban J connectivity index is 1.48. The van der Waals surface area contributed by atoms with Crippen LogP contribution in [0, 0.1) is 18.7 Å². The number of likely N-dealkylation sites (tertiary alicyclic amines) is 1. The Morgan fingerprint density at radius 2 is 2.17 bits per heavy atom. The molecule has 1 aliphatic rings. The molecule has 2 aromatic rings. The highest BCUT2D eigenvalue weighted by atomic mass is 19.1. The number of aryl methyl sites for hydroxylation is 2. The molecule has 1 aromatic carbocycles. The first-order chi connectivity index (χ1) is 14.5. The second kappa shape index (κ2) is 10.7. The molecular formula is C23H33FN4O2. The number of nitrogens with one attached hydrogen (secondary N) is 1. The van der Waals surface area contributed by atoms with Gasteiger partial charge in [-0.3, -0.25) is 9.69 Å². The van der Waals surface area contributed by atoms with E-state index in [2.05, 4.69) is 34.2 Å². The van der Waals surface area contributed by atoms with E-state index >= 15 is 0 Å². The standard InChI is InChI=1S/C23H33FN4O2/c1-4-5-12-25-23(29)19-11-9-17(3)28(15-19)13-6-7-21-26-22(27-30-21)18-10-8-16(2)20(24)14-18/h8,10,14,17,19H,4-7,9,11-13,15H2,1-3H3,(H,25,29). The van der Waals surface area contributed by atoms with E-state index in [4.69, 9.17) is 4.52 Å². The average Bonchev–Trinajstić information content (AvgIpc) is 3.20. The van der Waals surface area contributed by atoms with Gasteiger partial charge >= 0.3 is 0 Å². The predicted molar refractivity (Wildman–Crippen MR) is 114 cm³/mol. The number of hydrogen-bond donors (Lipinski definition) is 1. The highest BCUT2D eigenvalue weighted by Crippen LogP contribution is 2.23. The summed E-state index contributed by atoms with van der Waals surface area (Å²) in [5.41, 5.74) is 1.21. The molecule has 1 N–H and O–H groups in total. The molecule has 7 heteroatoms. The van der Waals surface area contributed by atoms with Crippen molar-refractivity contribution >= 4 is 5.91 Å². The number of amides is 1. The van der Waals surface area contributed by atoms with Crippen LogP contribution in [0.1, 0.15) is 57.4 Å². The van der Waals surface area contributed by atoms with Crippen molar-refractivity contribution in [2.75, 3.05) is 19.6 Å². The molecule has 0 spiro atoms.